The monoisotopic (exact) mass is 342 g/mol. The molecule has 0 saturated heterocycles. The van der Waals surface area contributed by atoms with E-state index >= 15 is 0 Å². The first-order chi connectivity index (χ1) is 11.2. The Bertz CT molecular complexity index is 788. The number of hydrogen-bond acceptors (Lipinski definition) is 3. The van der Waals surface area contributed by atoms with Gasteiger partial charge in [-0.15, -0.1) is 4.99 Å². The molecule has 0 aliphatic rings. The second kappa shape index (κ2) is 6.94. The fraction of sp³-hybridized carbons (Fsp3) is 0.375. The summed E-state index contributed by atoms with van der Waals surface area (Å²) in [6, 6.07) is 4.67. The highest BCUT2D eigenvalue weighted by Crippen LogP contribution is 2.30. The first-order valence-electron chi connectivity index (χ1n) is 7.35. The van der Waals surface area contributed by atoms with Crippen molar-refractivity contribution in [1.29, 1.82) is 0 Å². The van der Waals surface area contributed by atoms with Gasteiger partial charge >= 0.3 is 18.0 Å². The number of amides is 1. The molecule has 1 aromatic heterocycles. The molecule has 0 unspecified atom stereocenters. The van der Waals surface area contributed by atoms with Crippen LogP contribution in [0.1, 0.15) is 32.1 Å². The second-order valence-electron chi connectivity index (χ2n) is 5.30. The molecular formula is C16H17F3N2O3. The van der Waals surface area contributed by atoms with Gasteiger partial charge in [-0.25, -0.2) is 4.79 Å². The summed E-state index contributed by atoms with van der Waals surface area (Å²) in [4.78, 5) is 15.4. The van der Waals surface area contributed by atoms with E-state index in [9.17, 15) is 18.0 Å². The van der Waals surface area contributed by atoms with Crippen LogP contribution in [0.2, 0.25) is 0 Å². The summed E-state index contributed by atoms with van der Waals surface area (Å²) in [5, 5.41) is 0. The van der Waals surface area contributed by atoms with Gasteiger partial charge in [0.1, 0.15) is 5.76 Å². The fourth-order valence-corrected chi connectivity index (χ4v) is 1.96. The maximum atomic E-state index is 12.9. The van der Waals surface area contributed by atoms with Crippen LogP contribution in [0.15, 0.2) is 39.9 Å². The summed E-state index contributed by atoms with van der Waals surface area (Å²) in [6.45, 7) is 5.13. The molecule has 0 fully saturated rings. The molecule has 2 rings (SSSR count). The molecule has 24 heavy (non-hydrogen) atoms. The van der Waals surface area contributed by atoms with Crippen molar-refractivity contribution in [3.63, 3.8) is 0 Å². The Hall–Kier alpha value is -2.51. The van der Waals surface area contributed by atoms with Crippen LogP contribution >= 0.6 is 0 Å². The molecule has 0 aliphatic carbocycles. The van der Waals surface area contributed by atoms with Gasteiger partial charge in [0.05, 0.1) is 23.6 Å². The molecule has 0 atom stereocenters. The fourth-order valence-electron chi connectivity index (χ4n) is 1.96. The predicted molar refractivity (Wildman–Crippen MR) is 79.6 cm³/mol. The minimum Gasteiger partial charge on any atom is -0.445 e. The highest BCUT2D eigenvalue weighted by Gasteiger charge is 2.30. The van der Waals surface area contributed by atoms with E-state index in [1.165, 1.54) is 22.9 Å². The van der Waals surface area contributed by atoms with Crippen molar-refractivity contribution < 1.29 is 27.1 Å². The van der Waals surface area contributed by atoms with Crippen LogP contribution < -0.4 is 5.68 Å². The number of benzene rings is 1. The number of nitrogens with zero attached hydrogens (tertiary/aromatic N) is 2. The molecule has 0 aliphatic heterocycles. The van der Waals surface area contributed by atoms with Crippen LogP contribution in [0.3, 0.4) is 0 Å². The number of hydrogen-bond donors (Lipinski definition) is 0. The Balaban J connectivity index is 2.53. The van der Waals surface area contributed by atoms with E-state index in [0.29, 0.717) is 12.2 Å². The van der Waals surface area contributed by atoms with Gasteiger partial charge in [0.25, 0.3) is 0 Å². The van der Waals surface area contributed by atoms with Crippen molar-refractivity contribution in [2.75, 3.05) is 0 Å². The van der Waals surface area contributed by atoms with E-state index in [1.807, 2.05) is 6.92 Å². The number of alkyl halides is 3. The van der Waals surface area contributed by atoms with E-state index < -0.39 is 17.8 Å². The summed E-state index contributed by atoms with van der Waals surface area (Å²) >= 11 is 0. The molecule has 0 spiro atoms. The van der Waals surface area contributed by atoms with Gasteiger partial charge < -0.3 is 9.15 Å². The zero-order chi connectivity index (χ0) is 17.9. The maximum Gasteiger partial charge on any atom is 0.438 e. The average Bonchev–Trinajstić information content (AvgIpc) is 2.88. The number of carbonyl (C=O) groups is 1. The number of halogens is 3. The third-order valence-electron chi connectivity index (χ3n) is 3.03. The second-order valence-corrected chi connectivity index (χ2v) is 5.30. The molecule has 0 saturated carbocycles. The van der Waals surface area contributed by atoms with Crippen molar-refractivity contribution in [2.45, 2.75) is 39.5 Å². The van der Waals surface area contributed by atoms with Gasteiger partial charge in [-0.3, -0.25) is 4.57 Å². The Labute approximate surface area is 136 Å². The highest BCUT2D eigenvalue weighted by molar-refractivity contribution is 5.68. The number of ether oxygens (including phenoxy) is 1. The van der Waals surface area contributed by atoms with Gasteiger partial charge in [-0.2, -0.15) is 13.2 Å². The normalized spacial score (nSPS) is 12.7. The van der Waals surface area contributed by atoms with Crippen molar-refractivity contribution in [1.82, 2.24) is 4.57 Å². The number of aromatic nitrogens is 1. The zero-order valence-electron chi connectivity index (χ0n) is 13.4. The summed E-state index contributed by atoms with van der Waals surface area (Å²) in [7, 11) is 0. The summed E-state index contributed by atoms with van der Waals surface area (Å²) in [5.74, 6) is 0.475. The third-order valence-corrected chi connectivity index (χ3v) is 3.03. The number of rotatable bonds is 3. The van der Waals surface area contributed by atoms with Crippen LogP contribution in [0.4, 0.5) is 18.0 Å². The minimum atomic E-state index is -4.47. The van der Waals surface area contributed by atoms with E-state index in [1.54, 1.807) is 13.8 Å². The topological polar surface area (TPSA) is 56.7 Å². The van der Waals surface area contributed by atoms with Crippen LogP contribution in [0.5, 0.6) is 0 Å². The van der Waals surface area contributed by atoms with Crippen molar-refractivity contribution in [3.05, 3.63) is 47.5 Å². The smallest absolute Gasteiger partial charge is 0.438 e. The number of aryl methyl sites for hydroxylation is 1. The zero-order valence-corrected chi connectivity index (χ0v) is 13.4. The average molecular weight is 342 g/mol. The standard InChI is InChI=1S/C16H17F3N2O3/c1-4-13-9-21(14(24-13)20-15(22)23-10(2)3)12-7-5-6-11(8-12)16(17,18)19/h5-10H,4H2,1-3H3. The molecule has 130 valence electrons. The van der Waals surface area contributed by atoms with Crippen LogP contribution in [0, 0.1) is 0 Å². The summed E-state index contributed by atoms with van der Waals surface area (Å²) < 4.78 is 50.2. The lowest BCUT2D eigenvalue weighted by molar-refractivity contribution is -0.137. The van der Waals surface area contributed by atoms with E-state index in [4.69, 9.17) is 9.15 Å². The highest BCUT2D eigenvalue weighted by atomic mass is 19.4. The largest absolute Gasteiger partial charge is 0.445 e. The number of oxazole rings is 1. The van der Waals surface area contributed by atoms with Crippen LogP contribution in [-0.2, 0) is 17.3 Å². The molecule has 8 heteroatoms. The molecule has 1 amide bonds. The van der Waals surface area contributed by atoms with E-state index in [2.05, 4.69) is 4.99 Å². The van der Waals surface area contributed by atoms with Crippen LogP contribution in [0.25, 0.3) is 5.69 Å². The lowest BCUT2D eigenvalue weighted by Crippen LogP contribution is -2.18. The minimum absolute atomic E-state index is 0.142. The molecule has 5 nitrogen and oxygen atoms in total. The third kappa shape index (κ3) is 4.27. The molecule has 0 N–H and O–H groups in total. The van der Waals surface area contributed by atoms with Crippen molar-refractivity contribution >= 4 is 6.09 Å². The molecule has 1 aromatic carbocycles. The maximum absolute atomic E-state index is 12.9. The van der Waals surface area contributed by atoms with E-state index in [0.717, 1.165) is 12.1 Å². The Morgan fingerprint density at radius 1 is 1.38 bits per heavy atom. The van der Waals surface area contributed by atoms with Gasteiger partial charge in [0.2, 0.25) is 0 Å². The summed E-state index contributed by atoms with van der Waals surface area (Å²) in [6.07, 6.45) is -3.72. The summed E-state index contributed by atoms with van der Waals surface area (Å²) in [5.41, 5.74) is -0.761. The lowest BCUT2D eigenvalue weighted by atomic mass is 10.2. The predicted octanol–water partition coefficient (Wildman–Crippen LogP) is 4.10. The Morgan fingerprint density at radius 2 is 2.08 bits per heavy atom. The van der Waals surface area contributed by atoms with Gasteiger partial charge in [-0.05, 0) is 32.0 Å². The molecular weight excluding hydrogens is 325 g/mol. The van der Waals surface area contributed by atoms with E-state index in [-0.39, 0.29) is 17.5 Å². The van der Waals surface area contributed by atoms with Gasteiger partial charge in [0.15, 0.2) is 0 Å². The van der Waals surface area contributed by atoms with Crippen molar-refractivity contribution in [2.24, 2.45) is 4.99 Å². The Morgan fingerprint density at radius 3 is 2.67 bits per heavy atom. The molecule has 1 heterocycles. The number of carbonyl (C=O) groups excluding carboxylic acids is 1. The first kappa shape index (κ1) is 17.8. The Kier molecular flexibility index (Phi) is 5.16. The molecule has 0 bridgehead atoms. The lowest BCUT2D eigenvalue weighted by Gasteiger charge is -2.08. The van der Waals surface area contributed by atoms with Crippen LogP contribution in [-0.4, -0.2) is 16.8 Å². The molecule has 0 radical (unpaired) electrons. The SMILES string of the molecule is CCc1cn(-c2cccc(C(F)(F)F)c2)c(=NC(=O)OC(C)C)o1. The molecule has 2 aromatic rings. The van der Waals surface area contributed by atoms with Crippen molar-refractivity contribution in [3.8, 4) is 5.69 Å². The van der Waals surface area contributed by atoms with Gasteiger partial charge in [-0.1, -0.05) is 13.0 Å². The first-order valence-corrected chi connectivity index (χ1v) is 7.35. The quantitative estimate of drug-likeness (QED) is 0.844. The van der Waals surface area contributed by atoms with Gasteiger partial charge in [0, 0.05) is 6.42 Å².